The first-order valence-electron chi connectivity index (χ1n) is 12.9. The molecule has 3 aliphatic heterocycles. The van der Waals surface area contributed by atoms with Gasteiger partial charge in [0.1, 0.15) is 11.4 Å². The number of carbonyl (C=O) groups is 4. The fraction of sp³-hybridized carbons (Fsp3) is 0.267. The molecule has 4 atom stereocenters. The number of fused-ring (bicyclic) bond motifs is 4. The third-order valence-electron chi connectivity index (χ3n) is 8.10. The number of para-hydroxylation sites is 1. The zero-order valence-electron chi connectivity index (χ0n) is 20.9. The van der Waals surface area contributed by atoms with Crippen molar-refractivity contribution in [1.29, 1.82) is 0 Å². The highest BCUT2D eigenvalue weighted by molar-refractivity contribution is 6.16. The molecule has 39 heavy (non-hydrogen) atoms. The van der Waals surface area contributed by atoms with Crippen molar-refractivity contribution in [2.45, 2.75) is 37.5 Å². The van der Waals surface area contributed by atoms with E-state index < -0.39 is 52.9 Å². The van der Waals surface area contributed by atoms with Crippen molar-refractivity contribution in [3.63, 3.8) is 0 Å². The van der Waals surface area contributed by atoms with Gasteiger partial charge in [0.25, 0.3) is 5.91 Å². The summed E-state index contributed by atoms with van der Waals surface area (Å²) in [7, 11) is 0. The van der Waals surface area contributed by atoms with Crippen LogP contribution in [0.4, 0.5) is 10.1 Å². The predicted molar refractivity (Wildman–Crippen MR) is 138 cm³/mol. The van der Waals surface area contributed by atoms with Crippen LogP contribution in [-0.2, 0) is 37.8 Å². The van der Waals surface area contributed by atoms with Gasteiger partial charge >= 0.3 is 5.97 Å². The van der Waals surface area contributed by atoms with Gasteiger partial charge in [-0.3, -0.25) is 29.4 Å². The fourth-order valence-corrected chi connectivity index (χ4v) is 6.41. The number of hydrogen-bond acceptors (Lipinski definition) is 5. The molecule has 8 nitrogen and oxygen atoms in total. The number of carboxylic acid groups (broad SMARTS) is 1. The Bertz CT molecular complexity index is 1490. The predicted octanol–water partition coefficient (Wildman–Crippen LogP) is 3.21. The van der Waals surface area contributed by atoms with Crippen LogP contribution in [0.3, 0.4) is 0 Å². The number of carboxylic acids is 1. The number of anilines is 1. The van der Waals surface area contributed by atoms with Gasteiger partial charge in [-0.1, -0.05) is 66.7 Å². The van der Waals surface area contributed by atoms with Crippen LogP contribution in [0.2, 0.25) is 0 Å². The Labute approximate surface area is 224 Å². The van der Waals surface area contributed by atoms with Crippen molar-refractivity contribution in [1.82, 2.24) is 10.2 Å². The summed E-state index contributed by atoms with van der Waals surface area (Å²) in [6.07, 6.45) is -0.162. The van der Waals surface area contributed by atoms with Crippen molar-refractivity contribution >= 4 is 29.4 Å². The monoisotopic (exact) mass is 527 g/mol. The summed E-state index contributed by atoms with van der Waals surface area (Å²) in [5.74, 6) is -4.82. The normalized spacial score (nSPS) is 25.5. The largest absolute Gasteiger partial charge is 0.481 e. The summed E-state index contributed by atoms with van der Waals surface area (Å²) in [5.41, 5.74) is 0.560. The SMILES string of the molecule is O=C(O)CC[C@H]1N[C@@]2(C(=O)N(Cc3ccccc3F)c3ccccc32)[C@@H]2C(=O)N(Cc3ccccc3)C(=O)[C@H]21. The average Bonchev–Trinajstić information content (AvgIpc) is 3.49. The highest BCUT2D eigenvalue weighted by Gasteiger charge is 2.71. The minimum Gasteiger partial charge on any atom is -0.481 e. The van der Waals surface area contributed by atoms with E-state index in [0.717, 1.165) is 5.56 Å². The first kappa shape index (κ1) is 24.9. The number of likely N-dealkylation sites (tertiary alicyclic amines) is 1. The molecular weight excluding hydrogens is 501 g/mol. The summed E-state index contributed by atoms with van der Waals surface area (Å²) < 4.78 is 14.6. The molecule has 0 unspecified atom stereocenters. The maximum Gasteiger partial charge on any atom is 0.303 e. The van der Waals surface area contributed by atoms with Crippen molar-refractivity contribution in [3.05, 3.63) is 101 Å². The zero-order chi connectivity index (χ0) is 27.3. The molecule has 9 heteroatoms. The van der Waals surface area contributed by atoms with Gasteiger partial charge in [-0.2, -0.15) is 0 Å². The van der Waals surface area contributed by atoms with Gasteiger partial charge in [-0.05, 0) is 24.1 Å². The molecule has 2 saturated heterocycles. The summed E-state index contributed by atoms with van der Waals surface area (Å²) in [6, 6.07) is 21.6. The quantitative estimate of drug-likeness (QED) is 0.457. The maximum atomic E-state index is 14.6. The Hall–Kier alpha value is -4.37. The average molecular weight is 528 g/mol. The van der Waals surface area contributed by atoms with E-state index in [1.807, 2.05) is 30.3 Å². The molecular formula is C30H26FN3O5. The van der Waals surface area contributed by atoms with Crippen LogP contribution >= 0.6 is 0 Å². The molecule has 3 aromatic carbocycles. The first-order valence-corrected chi connectivity index (χ1v) is 12.9. The number of amides is 3. The molecule has 198 valence electrons. The zero-order valence-corrected chi connectivity index (χ0v) is 20.9. The molecule has 3 aliphatic rings. The van der Waals surface area contributed by atoms with Gasteiger partial charge in [0, 0.05) is 29.3 Å². The second-order valence-corrected chi connectivity index (χ2v) is 10.2. The first-order chi connectivity index (χ1) is 18.8. The van der Waals surface area contributed by atoms with Crippen molar-refractivity contribution < 1.29 is 28.7 Å². The van der Waals surface area contributed by atoms with Gasteiger partial charge in [0.15, 0.2) is 0 Å². The number of hydrogen-bond donors (Lipinski definition) is 2. The van der Waals surface area contributed by atoms with Gasteiger partial charge < -0.3 is 10.0 Å². The highest BCUT2D eigenvalue weighted by Crippen LogP contribution is 2.55. The van der Waals surface area contributed by atoms with Crippen molar-refractivity contribution in [3.8, 4) is 0 Å². The van der Waals surface area contributed by atoms with E-state index in [9.17, 15) is 28.7 Å². The summed E-state index contributed by atoms with van der Waals surface area (Å²) in [5, 5.41) is 12.7. The van der Waals surface area contributed by atoms with Crippen LogP contribution in [0, 0.1) is 17.7 Å². The molecule has 0 radical (unpaired) electrons. The number of carbonyl (C=O) groups excluding carboxylic acids is 3. The lowest BCUT2D eigenvalue weighted by atomic mass is 9.76. The van der Waals surface area contributed by atoms with Crippen LogP contribution < -0.4 is 10.2 Å². The van der Waals surface area contributed by atoms with E-state index in [1.165, 1.54) is 15.9 Å². The molecule has 3 amide bonds. The number of rotatable bonds is 7. The second-order valence-electron chi connectivity index (χ2n) is 10.2. The lowest BCUT2D eigenvalue weighted by Crippen LogP contribution is -2.55. The van der Waals surface area contributed by atoms with Crippen LogP contribution in [0.1, 0.15) is 29.5 Å². The molecule has 0 aromatic heterocycles. The lowest BCUT2D eigenvalue weighted by Gasteiger charge is -2.30. The van der Waals surface area contributed by atoms with Crippen LogP contribution in [0.5, 0.6) is 0 Å². The second kappa shape index (κ2) is 9.43. The molecule has 3 heterocycles. The summed E-state index contributed by atoms with van der Waals surface area (Å²) in [4.78, 5) is 56.3. The van der Waals surface area contributed by atoms with Crippen LogP contribution in [-0.4, -0.2) is 39.7 Å². The molecule has 2 N–H and O–H groups in total. The minimum atomic E-state index is -1.58. The molecule has 3 aromatic rings. The standard InChI is InChI=1S/C30H26FN3O5/c31-21-12-6-4-10-19(21)17-33-23-13-7-5-11-20(23)30(29(33)39)26-25(22(32-30)14-15-24(35)36)27(37)34(28(26)38)16-18-8-2-1-3-9-18/h1-13,22,25-26,32H,14-17H2,(H,35,36)/t22-,25+,26+,30-/m1/s1. The topological polar surface area (TPSA) is 107 Å². The maximum absolute atomic E-state index is 14.6. The number of imide groups is 1. The van der Waals surface area contributed by atoms with Gasteiger partial charge in [-0.15, -0.1) is 0 Å². The molecule has 1 spiro atoms. The van der Waals surface area contributed by atoms with Crippen LogP contribution in [0.25, 0.3) is 0 Å². The van der Waals surface area contributed by atoms with Gasteiger partial charge in [0.2, 0.25) is 11.8 Å². The molecule has 0 saturated carbocycles. The van der Waals surface area contributed by atoms with Gasteiger partial charge in [0.05, 0.1) is 24.9 Å². The van der Waals surface area contributed by atoms with Crippen LogP contribution in [0.15, 0.2) is 78.9 Å². The Balaban J connectivity index is 1.44. The van der Waals surface area contributed by atoms with E-state index in [0.29, 0.717) is 16.8 Å². The smallest absolute Gasteiger partial charge is 0.303 e. The van der Waals surface area contributed by atoms with Crippen molar-refractivity contribution in [2.24, 2.45) is 11.8 Å². The third-order valence-corrected chi connectivity index (χ3v) is 8.10. The highest BCUT2D eigenvalue weighted by atomic mass is 19.1. The Kier molecular flexibility index (Phi) is 6.03. The van der Waals surface area contributed by atoms with E-state index in [4.69, 9.17) is 0 Å². The fourth-order valence-electron chi connectivity index (χ4n) is 6.41. The number of aliphatic carboxylic acids is 1. The van der Waals surface area contributed by atoms with E-state index in [1.54, 1.807) is 42.5 Å². The number of nitrogens with zero attached hydrogens (tertiary/aromatic N) is 2. The molecule has 0 bridgehead atoms. The Morgan fingerprint density at radius 2 is 1.56 bits per heavy atom. The molecule has 2 fully saturated rings. The Morgan fingerprint density at radius 3 is 2.31 bits per heavy atom. The summed E-state index contributed by atoms with van der Waals surface area (Å²) >= 11 is 0. The lowest BCUT2D eigenvalue weighted by molar-refractivity contribution is -0.144. The molecule has 0 aliphatic carbocycles. The third kappa shape index (κ3) is 3.84. The van der Waals surface area contributed by atoms with E-state index in [2.05, 4.69) is 5.32 Å². The van der Waals surface area contributed by atoms with E-state index >= 15 is 0 Å². The molecule has 6 rings (SSSR count). The summed E-state index contributed by atoms with van der Waals surface area (Å²) in [6.45, 7) is 0.00100. The number of nitrogens with one attached hydrogen (secondary N) is 1. The van der Waals surface area contributed by atoms with Gasteiger partial charge in [-0.25, -0.2) is 4.39 Å². The minimum absolute atomic E-state index is 0.0566. The number of halogens is 1. The Morgan fingerprint density at radius 1 is 0.872 bits per heavy atom. The van der Waals surface area contributed by atoms with E-state index in [-0.39, 0.29) is 25.9 Å². The number of benzene rings is 3. The van der Waals surface area contributed by atoms with Crippen molar-refractivity contribution in [2.75, 3.05) is 4.90 Å².